The lowest BCUT2D eigenvalue weighted by Gasteiger charge is -2.29. The molecule has 0 unspecified atom stereocenters. The van der Waals surface area contributed by atoms with Gasteiger partial charge >= 0.3 is 6.36 Å². The van der Waals surface area contributed by atoms with Crippen molar-refractivity contribution in [1.82, 2.24) is 25.3 Å². The van der Waals surface area contributed by atoms with Crippen molar-refractivity contribution in [3.05, 3.63) is 30.1 Å². The van der Waals surface area contributed by atoms with Gasteiger partial charge in [0, 0.05) is 29.4 Å². The Balaban J connectivity index is 1.30. The molecule has 3 N–H and O–H groups in total. The van der Waals surface area contributed by atoms with Crippen LogP contribution in [-0.4, -0.2) is 57.5 Å². The molecule has 3 aromatic rings. The van der Waals surface area contributed by atoms with Gasteiger partial charge in [0.25, 0.3) is 5.91 Å². The van der Waals surface area contributed by atoms with Gasteiger partial charge in [-0.1, -0.05) is 0 Å². The number of aromatic nitrogens is 4. The van der Waals surface area contributed by atoms with E-state index in [1.165, 1.54) is 0 Å². The highest BCUT2D eigenvalue weighted by atomic mass is 19.4. The molecule has 0 saturated heterocycles. The van der Waals surface area contributed by atoms with Crippen molar-refractivity contribution < 1.29 is 27.4 Å². The van der Waals surface area contributed by atoms with Crippen LogP contribution in [0.3, 0.4) is 0 Å². The summed E-state index contributed by atoms with van der Waals surface area (Å²) >= 11 is 0. The minimum atomic E-state index is -4.60. The lowest BCUT2D eigenvalue weighted by molar-refractivity contribution is -0.345. The number of amides is 1. The van der Waals surface area contributed by atoms with Crippen molar-refractivity contribution in [3.8, 4) is 17.1 Å². The lowest BCUT2D eigenvalue weighted by Crippen LogP contribution is -2.33. The number of anilines is 1. The van der Waals surface area contributed by atoms with E-state index in [-0.39, 0.29) is 17.8 Å². The second-order valence-corrected chi connectivity index (χ2v) is 7.99. The molecular formula is C21H21F3N6O3. The Hall–Kier alpha value is -3.41. The molecule has 0 atom stereocenters. The molecule has 3 aromatic heterocycles. The van der Waals surface area contributed by atoms with Crippen LogP contribution in [0.15, 0.2) is 24.5 Å². The number of halogens is 3. The minimum Gasteiger partial charge on any atom is -0.475 e. The molecule has 1 saturated carbocycles. The molecule has 2 aliphatic rings. The number of carbonyl (C=O) groups is 1. The highest BCUT2D eigenvalue weighted by Gasteiger charge is 2.35. The second-order valence-electron chi connectivity index (χ2n) is 7.99. The van der Waals surface area contributed by atoms with Gasteiger partial charge in [-0.05, 0) is 37.8 Å². The van der Waals surface area contributed by atoms with Crippen molar-refractivity contribution >= 4 is 22.9 Å². The zero-order valence-corrected chi connectivity index (χ0v) is 17.4. The second kappa shape index (κ2) is 8.50. The molecule has 0 bridgehead atoms. The number of nitrogens with one attached hydrogen (secondary N) is 3. The van der Waals surface area contributed by atoms with Crippen LogP contribution >= 0.6 is 0 Å². The van der Waals surface area contributed by atoms with Crippen LogP contribution < -0.4 is 15.4 Å². The van der Waals surface area contributed by atoms with Gasteiger partial charge in [-0.3, -0.25) is 9.53 Å². The average Bonchev–Trinajstić information content (AvgIpc) is 3.11. The number of aromatic amines is 1. The van der Waals surface area contributed by atoms with Gasteiger partial charge in [-0.15, -0.1) is 13.2 Å². The summed E-state index contributed by atoms with van der Waals surface area (Å²) in [6, 6.07) is 3.38. The summed E-state index contributed by atoms with van der Waals surface area (Å²) in [5, 5.41) is 6.69. The minimum absolute atomic E-state index is 0.0282. The van der Waals surface area contributed by atoms with E-state index in [0.29, 0.717) is 61.7 Å². The first-order chi connectivity index (χ1) is 15.9. The van der Waals surface area contributed by atoms with Crippen LogP contribution in [-0.2, 0) is 4.74 Å². The molecule has 5 rings (SSSR count). The SMILES string of the molecule is O=C1NCCOc2nc(-c3c[nH]c4nc(NC5CCC(OC(F)(F)F)CC5)ncc34)ccc21. The van der Waals surface area contributed by atoms with Crippen LogP contribution in [0.5, 0.6) is 5.88 Å². The van der Waals surface area contributed by atoms with Crippen molar-refractivity contribution in [2.75, 3.05) is 18.5 Å². The summed E-state index contributed by atoms with van der Waals surface area (Å²) in [5.74, 6) is 0.450. The van der Waals surface area contributed by atoms with Gasteiger partial charge in [-0.2, -0.15) is 4.98 Å². The first-order valence-electron chi connectivity index (χ1n) is 10.6. The van der Waals surface area contributed by atoms with Crippen LogP contribution in [0.25, 0.3) is 22.3 Å². The number of carbonyl (C=O) groups excluding carboxylic acids is 1. The number of H-pyrrole nitrogens is 1. The van der Waals surface area contributed by atoms with E-state index in [1.807, 2.05) is 0 Å². The summed E-state index contributed by atoms with van der Waals surface area (Å²) in [6.45, 7) is 0.754. The number of fused-ring (bicyclic) bond motifs is 2. The summed E-state index contributed by atoms with van der Waals surface area (Å²) in [7, 11) is 0. The van der Waals surface area contributed by atoms with E-state index in [4.69, 9.17) is 4.74 Å². The molecule has 1 fully saturated rings. The highest BCUT2D eigenvalue weighted by molar-refractivity contribution is 5.98. The van der Waals surface area contributed by atoms with Crippen LogP contribution in [0.4, 0.5) is 19.1 Å². The predicted octanol–water partition coefficient (Wildman–Crippen LogP) is 3.40. The number of ether oxygens (including phenoxy) is 2. The predicted molar refractivity (Wildman–Crippen MR) is 112 cm³/mol. The van der Waals surface area contributed by atoms with E-state index in [1.54, 1.807) is 24.5 Å². The van der Waals surface area contributed by atoms with Gasteiger partial charge in [0.1, 0.15) is 17.8 Å². The quantitative estimate of drug-likeness (QED) is 0.545. The molecule has 0 aromatic carbocycles. The largest absolute Gasteiger partial charge is 0.522 e. The highest BCUT2D eigenvalue weighted by Crippen LogP contribution is 2.31. The maximum Gasteiger partial charge on any atom is 0.522 e. The number of pyridine rings is 1. The van der Waals surface area contributed by atoms with Gasteiger partial charge in [0.15, 0.2) is 0 Å². The lowest BCUT2D eigenvalue weighted by atomic mass is 9.93. The molecule has 9 nitrogen and oxygen atoms in total. The number of nitrogens with zero attached hydrogens (tertiary/aromatic N) is 3. The van der Waals surface area contributed by atoms with E-state index in [9.17, 15) is 18.0 Å². The third kappa shape index (κ3) is 4.70. The zero-order chi connectivity index (χ0) is 23.0. The Morgan fingerprint density at radius 2 is 1.94 bits per heavy atom. The Bertz CT molecular complexity index is 1170. The summed E-state index contributed by atoms with van der Waals surface area (Å²) in [5.41, 5.74) is 2.35. The Morgan fingerprint density at radius 1 is 1.12 bits per heavy atom. The molecule has 0 spiro atoms. The third-order valence-electron chi connectivity index (χ3n) is 5.75. The topological polar surface area (TPSA) is 114 Å². The molecule has 1 aliphatic heterocycles. The van der Waals surface area contributed by atoms with Crippen LogP contribution in [0.2, 0.25) is 0 Å². The summed E-state index contributed by atoms with van der Waals surface area (Å²) < 4.78 is 46.9. The molecule has 1 aliphatic carbocycles. The first kappa shape index (κ1) is 21.4. The van der Waals surface area contributed by atoms with Crippen LogP contribution in [0.1, 0.15) is 36.0 Å². The number of alkyl halides is 3. The maximum atomic E-state index is 12.4. The van der Waals surface area contributed by atoms with Gasteiger partial charge in [0.05, 0.1) is 18.3 Å². The van der Waals surface area contributed by atoms with Gasteiger partial charge in [0.2, 0.25) is 11.8 Å². The fourth-order valence-electron chi connectivity index (χ4n) is 4.17. The van der Waals surface area contributed by atoms with Gasteiger partial charge in [-0.25, -0.2) is 9.97 Å². The van der Waals surface area contributed by atoms with E-state index >= 15 is 0 Å². The molecule has 0 radical (unpaired) electrons. The van der Waals surface area contributed by atoms with Crippen molar-refractivity contribution in [3.63, 3.8) is 0 Å². The number of rotatable bonds is 4. The van der Waals surface area contributed by atoms with Crippen molar-refractivity contribution in [2.24, 2.45) is 0 Å². The summed E-state index contributed by atoms with van der Waals surface area (Å²) in [6.07, 6.45) is -0.290. The molecule has 4 heterocycles. The molecule has 174 valence electrons. The van der Waals surface area contributed by atoms with E-state index < -0.39 is 12.5 Å². The number of hydrogen-bond acceptors (Lipinski definition) is 7. The number of hydrogen-bond donors (Lipinski definition) is 3. The molecular weight excluding hydrogens is 441 g/mol. The molecule has 1 amide bonds. The maximum absolute atomic E-state index is 12.4. The average molecular weight is 462 g/mol. The van der Waals surface area contributed by atoms with Crippen molar-refractivity contribution in [1.29, 1.82) is 0 Å². The van der Waals surface area contributed by atoms with Crippen LogP contribution in [0, 0.1) is 0 Å². The fourth-order valence-corrected chi connectivity index (χ4v) is 4.17. The molecule has 12 heteroatoms. The zero-order valence-electron chi connectivity index (χ0n) is 17.4. The first-order valence-corrected chi connectivity index (χ1v) is 10.6. The molecule has 33 heavy (non-hydrogen) atoms. The fraction of sp³-hybridized carbons (Fsp3) is 0.429. The smallest absolute Gasteiger partial charge is 0.475 e. The normalized spacial score (nSPS) is 21.1. The third-order valence-corrected chi connectivity index (χ3v) is 5.75. The Labute approximate surface area is 186 Å². The Morgan fingerprint density at radius 3 is 2.73 bits per heavy atom. The Kier molecular flexibility index (Phi) is 5.52. The van der Waals surface area contributed by atoms with E-state index in [2.05, 4.69) is 35.3 Å². The van der Waals surface area contributed by atoms with E-state index in [0.717, 1.165) is 10.9 Å². The summed E-state index contributed by atoms with van der Waals surface area (Å²) in [4.78, 5) is 28.5. The van der Waals surface area contributed by atoms with Crippen molar-refractivity contribution in [2.45, 2.75) is 44.2 Å². The van der Waals surface area contributed by atoms with Gasteiger partial charge < -0.3 is 20.4 Å². The standard InChI is InChI=1S/C21H21F3N6O3/c22-21(23,24)33-12-3-1-11(2-4-12)28-20-27-10-15-14(9-26-17(15)30-20)16-6-5-13-18(31)25-7-8-32-19(13)29-16/h5-6,9-12H,1-4,7-8H2,(H,25,31)(H2,26,27,28,30). The monoisotopic (exact) mass is 462 g/mol.